The molecule has 3 rings (SSSR count). The Morgan fingerprint density at radius 1 is 1.23 bits per heavy atom. The van der Waals surface area contributed by atoms with Gasteiger partial charge in [-0.3, -0.25) is 4.79 Å². The molecular formula is C23H25N3O4S. The molecule has 31 heavy (non-hydrogen) atoms. The maximum atomic E-state index is 13.1. The Bertz CT molecular complexity index is 1010. The van der Waals surface area contributed by atoms with Crippen molar-refractivity contribution in [3.63, 3.8) is 0 Å². The molecule has 0 fully saturated rings. The van der Waals surface area contributed by atoms with Gasteiger partial charge in [-0.1, -0.05) is 36.4 Å². The van der Waals surface area contributed by atoms with E-state index in [0.717, 1.165) is 16.8 Å². The van der Waals surface area contributed by atoms with E-state index in [1.807, 2.05) is 48.7 Å². The highest BCUT2D eigenvalue weighted by Gasteiger charge is 2.23. The van der Waals surface area contributed by atoms with Crippen molar-refractivity contribution >= 4 is 23.6 Å². The summed E-state index contributed by atoms with van der Waals surface area (Å²) in [6, 6.07) is 14.0. The van der Waals surface area contributed by atoms with Crippen molar-refractivity contribution in [2.45, 2.75) is 18.6 Å². The predicted octanol–water partition coefficient (Wildman–Crippen LogP) is 3.75. The standard InChI is InChI=1S/C23H25N3O4S/c1-30-21(20-13-24-14-25-20)16-8-9-17(18(12-16)15-6-4-3-5-7-15)22(27)26-19(23(28)29)10-11-31-2/h3-9,12-14,19,21H,10-11H2,1-2H3,(H,24,25)(H,26,27)(H,28,29). The molecule has 0 aliphatic rings. The molecule has 3 aromatic rings. The zero-order valence-electron chi connectivity index (χ0n) is 17.4. The lowest BCUT2D eigenvalue weighted by Gasteiger charge is -2.19. The molecule has 0 aliphatic carbocycles. The molecule has 3 N–H and O–H groups in total. The number of imidazole rings is 1. The molecule has 0 saturated heterocycles. The Morgan fingerprint density at radius 2 is 2.00 bits per heavy atom. The van der Waals surface area contributed by atoms with Gasteiger partial charge < -0.3 is 20.1 Å². The molecule has 8 heteroatoms. The number of carboxylic acid groups (broad SMARTS) is 1. The average molecular weight is 440 g/mol. The van der Waals surface area contributed by atoms with Crippen LogP contribution >= 0.6 is 11.8 Å². The Balaban J connectivity index is 1.99. The van der Waals surface area contributed by atoms with Crippen molar-refractivity contribution in [1.82, 2.24) is 15.3 Å². The summed E-state index contributed by atoms with van der Waals surface area (Å²) in [6.45, 7) is 0. The third-order valence-corrected chi connectivity index (χ3v) is 5.57. The summed E-state index contributed by atoms with van der Waals surface area (Å²) in [5, 5.41) is 12.2. The van der Waals surface area contributed by atoms with E-state index >= 15 is 0 Å². The first-order valence-corrected chi connectivity index (χ1v) is 11.2. The van der Waals surface area contributed by atoms with E-state index in [1.54, 1.807) is 25.7 Å². The number of ether oxygens (including phenoxy) is 1. The van der Waals surface area contributed by atoms with Gasteiger partial charge in [0, 0.05) is 12.7 Å². The minimum atomic E-state index is -1.04. The second-order valence-electron chi connectivity index (χ2n) is 6.94. The maximum absolute atomic E-state index is 13.1. The van der Waals surface area contributed by atoms with Crippen molar-refractivity contribution in [2.75, 3.05) is 19.1 Å². The Labute approximate surface area is 185 Å². The number of methoxy groups -OCH3 is 1. The summed E-state index contributed by atoms with van der Waals surface area (Å²) in [6.07, 6.45) is 5.16. The summed E-state index contributed by atoms with van der Waals surface area (Å²) in [7, 11) is 1.61. The minimum absolute atomic E-state index is 0.354. The smallest absolute Gasteiger partial charge is 0.326 e. The lowest BCUT2D eigenvalue weighted by Crippen LogP contribution is -2.41. The number of carbonyl (C=O) groups excluding carboxylic acids is 1. The number of nitrogens with zero attached hydrogens (tertiary/aromatic N) is 1. The Kier molecular flexibility index (Phi) is 7.86. The number of hydrogen-bond acceptors (Lipinski definition) is 5. The minimum Gasteiger partial charge on any atom is -0.480 e. The molecule has 2 unspecified atom stereocenters. The van der Waals surface area contributed by atoms with E-state index in [2.05, 4.69) is 15.3 Å². The highest BCUT2D eigenvalue weighted by molar-refractivity contribution is 7.98. The van der Waals surface area contributed by atoms with Crippen molar-refractivity contribution < 1.29 is 19.4 Å². The molecule has 0 spiro atoms. The molecule has 1 aromatic heterocycles. The zero-order valence-corrected chi connectivity index (χ0v) is 18.2. The highest BCUT2D eigenvalue weighted by Crippen LogP contribution is 2.31. The third kappa shape index (κ3) is 5.53. The molecule has 162 valence electrons. The molecule has 0 bridgehead atoms. The molecule has 2 aromatic carbocycles. The molecule has 1 heterocycles. The van der Waals surface area contributed by atoms with E-state index in [4.69, 9.17) is 4.74 Å². The van der Waals surface area contributed by atoms with Crippen LogP contribution < -0.4 is 5.32 Å². The molecule has 1 amide bonds. The van der Waals surface area contributed by atoms with Crippen LogP contribution in [0, 0.1) is 0 Å². The quantitative estimate of drug-likeness (QED) is 0.444. The maximum Gasteiger partial charge on any atom is 0.326 e. The van der Waals surface area contributed by atoms with Crippen molar-refractivity contribution in [2.24, 2.45) is 0 Å². The van der Waals surface area contributed by atoms with Gasteiger partial charge in [0.2, 0.25) is 0 Å². The second-order valence-corrected chi connectivity index (χ2v) is 7.93. The number of aromatic nitrogens is 2. The van der Waals surface area contributed by atoms with Gasteiger partial charge in [0.15, 0.2) is 0 Å². The number of thioether (sulfide) groups is 1. The zero-order chi connectivity index (χ0) is 22.2. The number of carboxylic acids is 1. The third-order valence-electron chi connectivity index (χ3n) is 4.93. The first-order chi connectivity index (χ1) is 15.0. The fourth-order valence-corrected chi connectivity index (χ4v) is 3.83. The largest absolute Gasteiger partial charge is 0.480 e. The molecule has 0 aliphatic heterocycles. The number of H-pyrrole nitrogens is 1. The topological polar surface area (TPSA) is 104 Å². The summed E-state index contributed by atoms with van der Waals surface area (Å²) in [4.78, 5) is 31.8. The number of aromatic amines is 1. The van der Waals surface area contributed by atoms with Crippen molar-refractivity contribution in [3.05, 3.63) is 77.9 Å². The molecule has 0 saturated carbocycles. The lowest BCUT2D eigenvalue weighted by atomic mass is 9.94. The van der Waals surface area contributed by atoms with Gasteiger partial charge in [0.05, 0.1) is 18.2 Å². The van der Waals surface area contributed by atoms with Crippen LogP contribution in [-0.4, -0.2) is 52.1 Å². The van der Waals surface area contributed by atoms with Crippen LogP contribution in [0.15, 0.2) is 61.1 Å². The predicted molar refractivity (Wildman–Crippen MR) is 121 cm³/mol. The van der Waals surface area contributed by atoms with Gasteiger partial charge in [-0.25, -0.2) is 9.78 Å². The molecule has 7 nitrogen and oxygen atoms in total. The van der Waals surface area contributed by atoms with Gasteiger partial charge >= 0.3 is 5.97 Å². The number of rotatable bonds is 10. The Morgan fingerprint density at radius 3 is 2.61 bits per heavy atom. The summed E-state index contributed by atoms with van der Waals surface area (Å²) in [5.41, 5.74) is 3.60. The van der Waals surface area contributed by atoms with Crippen molar-refractivity contribution in [1.29, 1.82) is 0 Å². The van der Waals surface area contributed by atoms with Crippen LogP contribution in [-0.2, 0) is 9.53 Å². The number of amides is 1. The highest BCUT2D eigenvalue weighted by atomic mass is 32.2. The van der Waals surface area contributed by atoms with Crippen molar-refractivity contribution in [3.8, 4) is 11.1 Å². The lowest BCUT2D eigenvalue weighted by molar-refractivity contribution is -0.139. The SMILES string of the molecule is COC(c1ccc(C(=O)NC(CCSC)C(=O)O)c(-c2ccccc2)c1)c1cnc[nH]1. The van der Waals surface area contributed by atoms with E-state index < -0.39 is 17.9 Å². The second kappa shape index (κ2) is 10.8. The van der Waals surface area contributed by atoms with Crippen LogP contribution in [0.4, 0.5) is 0 Å². The van der Waals surface area contributed by atoms with E-state index in [0.29, 0.717) is 23.3 Å². The number of nitrogens with one attached hydrogen (secondary N) is 2. The van der Waals surface area contributed by atoms with Crippen LogP contribution in [0.5, 0.6) is 0 Å². The Hall–Kier alpha value is -3.10. The fourth-order valence-electron chi connectivity index (χ4n) is 3.36. The first kappa shape index (κ1) is 22.6. The number of carbonyl (C=O) groups is 2. The van der Waals surface area contributed by atoms with Gasteiger partial charge in [-0.2, -0.15) is 11.8 Å². The van der Waals surface area contributed by atoms with Gasteiger partial charge in [-0.05, 0) is 47.3 Å². The molecule has 2 atom stereocenters. The molecular weight excluding hydrogens is 414 g/mol. The monoisotopic (exact) mass is 439 g/mol. The number of benzene rings is 2. The van der Waals surface area contributed by atoms with Crippen LogP contribution in [0.25, 0.3) is 11.1 Å². The van der Waals surface area contributed by atoms with Crippen LogP contribution in [0.3, 0.4) is 0 Å². The summed E-state index contributed by atoms with van der Waals surface area (Å²) in [5.74, 6) is -0.824. The summed E-state index contributed by atoms with van der Waals surface area (Å²) < 4.78 is 5.66. The average Bonchev–Trinajstić information content (AvgIpc) is 3.32. The summed E-state index contributed by atoms with van der Waals surface area (Å²) >= 11 is 1.54. The van der Waals surface area contributed by atoms with E-state index in [1.165, 1.54) is 11.8 Å². The van der Waals surface area contributed by atoms with Crippen LogP contribution in [0.1, 0.15) is 34.1 Å². The normalized spacial score (nSPS) is 12.8. The number of aliphatic carboxylic acids is 1. The van der Waals surface area contributed by atoms with Gasteiger partial charge in [-0.15, -0.1) is 0 Å². The van der Waals surface area contributed by atoms with Gasteiger partial charge in [0.25, 0.3) is 5.91 Å². The van der Waals surface area contributed by atoms with Gasteiger partial charge in [0.1, 0.15) is 12.1 Å². The van der Waals surface area contributed by atoms with E-state index in [9.17, 15) is 14.7 Å². The van der Waals surface area contributed by atoms with Crippen LogP contribution in [0.2, 0.25) is 0 Å². The molecule has 0 radical (unpaired) electrons. The van der Waals surface area contributed by atoms with E-state index in [-0.39, 0.29) is 6.10 Å². The first-order valence-electron chi connectivity index (χ1n) is 9.78. The number of hydrogen-bond donors (Lipinski definition) is 3. The fraction of sp³-hybridized carbons (Fsp3) is 0.261.